The third-order valence-corrected chi connectivity index (χ3v) is 20.7. The molecule has 8 aromatic rings. The number of thiophene rings is 3. The van der Waals surface area contributed by atoms with E-state index in [1.165, 1.54) is 40.2 Å². The molecule has 4 aromatic carbocycles. The third-order valence-electron chi connectivity index (χ3n) is 8.50. The quantitative estimate of drug-likeness (QED) is 0.149. The topological polar surface area (TPSA) is 25.8 Å². The second-order valence-corrected chi connectivity index (χ2v) is 21.3. The largest absolute Gasteiger partial charge is 0.251 e. The van der Waals surface area contributed by atoms with Gasteiger partial charge in [0.25, 0.3) is 0 Å². The highest BCUT2D eigenvalue weighted by atomic mass is 32.1. The Bertz CT molecular complexity index is 2160. The first-order valence-corrected chi connectivity index (χ1v) is 21.6. The SMILES string of the molecule is C=P(c1ccccc1)(c1ccccc1)c1ccc(-c2sc(-c3ccc(P(=C)(c4ccccc4)c4ccccc4)s3)c3nccnc23)s1. The van der Waals surface area contributed by atoms with Gasteiger partial charge in [-0.2, -0.15) is 0 Å². The number of benzene rings is 4. The van der Waals surface area contributed by atoms with Gasteiger partial charge in [0.2, 0.25) is 0 Å². The maximum Gasteiger partial charge on any atom is 0.109 e. The first kappa shape index (κ1) is 30.3. The summed E-state index contributed by atoms with van der Waals surface area (Å²) >= 11 is 5.47. The van der Waals surface area contributed by atoms with Crippen LogP contribution in [-0.4, -0.2) is 22.6 Å². The van der Waals surface area contributed by atoms with Crippen molar-refractivity contribution in [2.75, 3.05) is 0 Å². The summed E-state index contributed by atoms with van der Waals surface area (Å²) in [6, 6.07) is 52.1. The van der Waals surface area contributed by atoms with E-state index in [4.69, 9.17) is 22.6 Å². The Labute approximate surface area is 287 Å². The molecule has 0 fully saturated rings. The number of hydrogen-bond donors (Lipinski definition) is 0. The molecule has 0 saturated heterocycles. The average molecular weight is 697 g/mol. The predicted octanol–water partition coefficient (Wildman–Crippen LogP) is 8.60. The molecule has 0 unspecified atom stereocenters. The van der Waals surface area contributed by atoms with Crippen molar-refractivity contribution < 1.29 is 0 Å². The molecule has 4 heterocycles. The second-order valence-electron chi connectivity index (χ2n) is 11.3. The van der Waals surface area contributed by atoms with E-state index in [0.29, 0.717) is 0 Å². The molecule has 0 N–H and O–H groups in total. The standard InChI is InChI=1S/C40H30N2P2S3/c1-43(29-15-7-3-8-16-29,30-17-9-4-10-18-30)35-25-23-33(45-35)39-37-38(42-28-27-41-37)40(47-39)34-24-26-36(46-34)44(2,31-19-11-5-12-20-31)32-21-13-6-14-22-32/h3-28H,1-2H2. The van der Waals surface area contributed by atoms with E-state index in [1.54, 1.807) is 23.7 Å². The molecular weight excluding hydrogens is 667 g/mol. The predicted molar refractivity (Wildman–Crippen MR) is 216 cm³/mol. The summed E-state index contributed by atoms with van der Waals surface area (Å²) in [6.07, 6.45) is 13.6. The van der Waals surface area contributed by atoms with Crippen molar-refractivity contribution in [2.45, 2.75) is 0 Å². The van der Waals surface area contributed by atoms with E-state index in [9.17, 15) is 0 Å². The van der Waals surface area contributed by atoms with Crippen molar-refractivity contribution in [2.24, 2.45) is 0 Å². The summed E-state index contributed by atoms with van der Waals surface area (Å²) in [5.41, 5.74) is 1.90. The molecule has 8 rings (SSSR count). The summed E-state index contributed by atoms with van der Waals surface area (Å²) in [4.78, 5) is 14.5. The number of rotatable bonds is 8. The van der Waals surface area contributed by atoms with E-state index in [0.717, 1.165) is 20.8 Å². The average Bonchev–Trinajstić information content (AvgIpc) is 3.92. The summed E-state index contributed by atoms with van der Waals surface area (Å²) < 4.78 is 2.60. The van der Waals surface area contributed by atoms with Crippen LogP contribution >= 0.6 is 47.8 Å². The lowest BCUT2D eigenvalue weighted by Gasteiger charge is -2.24. The van der Waals surface area contributed by atoms with Crippen molar-refractivity contribution in [3.8, 4) is 19.5 Å². The van der Waals surface area contributed by atoms with Gasteiger partial charge >= 0.3 is 0 Å². The van der Waals surface area contributed by atoms with E-state index < -0.39 is 13.8 Å². The molecule has 47 heavy (non-hydrogen) atoms. The zero-order valence-corrected chi connectivity index (χ0v) is 29.7. The van der Waals surface area contributed by atoms with Crippen molar-refractivity contribution in [1.29, 1.82) is 0 Å². The van der Waals surface area contributed by atoms with Crippen molar-refractivity contribution in [3.05, 3.63) is 158 Å². The normalized spacial score (nSPS) is 12.0. The molecule has 0 amide bonds. The summed E-state index contributed by atoms with van der Waals surface area (Å²) in [5, 5.41) is 5.11. The molecule has 4 aromatic heterocycles. The summed E-state index contributed by atoms with van der Waals surface area (Å²) in [5.74, 6) is 0. The van der Waals surface area contributed by atoms with Crippen molar-refractivity contribution >= 4 is 102 Å². The maximum atomic E-state index is 4.97. The minimum atomic E-state index is -2.08. The summed E-state index contributed by atoms with van der Waals surface area (Å²) in [7, 11) is 0. The molecule has 2 nitrogen and oxygen atoms in total. The minimum absolute atomic E-state index is 0.949. The third kappa shape index (κ3) is 5.24. The molecule has 0 radical (unpaired) electrons. The van der Waals surface area contributed by atoms with Gasteiger partial charge in [0, 0.05) is 31.4 Å². The molecule has 0 aliphatic heterocycles. The lowest BCUT2D eigenvalue weighted by atomic mass is 10.3. The van der Waals surface area contributed by atoms with Crippen LogP contribution in [0, 0.1) is 0 Å². The smallest absolute Gasteiger partial charge is 0.109 e. The molecule has 7 heteroatoms. The highest BCUT2D eigenvalue weighted by Gasteiger charge is 2.28. The van der Waals surface area contributed by atoms with Gasteiger partial charge in [-0.05, 0) is 59.3 Å². The monoisotopic (exact) mass is 696 g/mol. The molecule has 0 saturated carbocycles. The van der Waals surface area contributed by atoms with Crippen LogP contribution in [0.1, 0.15) is 0 Å². The summed E-state index contributed by atoms with van der Waals surface area (Å²) in [6.45, 7) is -4.15. The van der Waals surface area contributed by atoms with Gasteiger partial charge in [0.1, 0.15) is 11.0 Å². The van der Waals surface area contributed by atoms with Crippen LogP contribution in [0.15, 0.2) is 158 Å². The Morgan fingerprint density at radius 1 is 0.383 bits per heavy atom. The fraction of sp³-hybridized carbons (Fsp3) is 0. The van der Waals surface area contributed by atoms with Gasteiger partial charge in [-0.15, -0.1) is 34.0 Å². The Hall–Kier alpha value is -4.08. The lowest BCUT2D eigenvalue weighted by Crippen LogP contribution is -2.23. The zero-order chi connectivity index (χ0) is 31.8. The van der Waals surface area contributed by atoms with Gasteiger partial charge in [-0.1, -0.05) is 134 Å². The fourth-order valence-corrected chi connectivity index (χ4v) is 17.1. The minimum Gasteiger partial charge on any atom is -0.251 e. The van der Waals surface area contributed by atoms with Crippen LogP contribution < -0.4 is 30.5 Å². The van der Waals surface area contributed by atoms with E-state index in [-0.39, 0.29) is 0 Å². The highest BCUT2D eigenvalue weighted by Crippen LogP contribution is 2.50. The second kappa shape index (κ2) is 12.5. The van der Waals surface area contributed by atoms with Crippen LogP contribution in [0.4, 0.5) is 0 Å². The number of fused-ring (bicyclic) bond motifs is 1. The molecule has 0 bridgehead atoms. The first-order chi connectivity index (χ1) is 23.1. The Morgan fingerprint density at radius 2 is 0.702 bits per heavy atom. The van der Waals surface area contributed by atoms with Crippen molar-refractivity contribution in [3.63, 3.8) is 0 Å². The van der Waals surface area contributed by atoms with Crippen LogP contribution in [0.25, 0.3) is 30.5 Å². The molecule has 0 aliphatic rings. The molecule has 0 aliphatic carbocycles. The number of aromatic nitrogens is 2. The Balaban J connectivity index is 1.25. The lowest BCUT2D eigenvalue weighted by molar-refractivity contribution is 1.31. The zero-order valence-electron chi connectivity index (χ0n) is 25.4. The maximum absolute atomic E-state index is 4.97. The van der Waals surface area contributed by atoms with Crippen molar-refractivity contribution in [1.82, 2.24) is 9.97 Å². The van der Waals surface area contributed by atoms with Gasteiger partial charge in [0.15, 0.2) is 0 Å². The van der Waals surface area contributed by atoms with Gasteiger partial charge in [-0.3, -0.25) is 9.97 Å². The Kier molecular flexibility index (Phi) is 8.05. The number of hydrogen-bond acceptors (Lipinski definition) is 5. The molecule has 0 spiro atoms. The van der Waals surface area contributed by atoms with E-state index >= 15 is 0 Å². The Morgan fingerprint density at radius 3 is 1.02 bits per heavy atom. The molecule has 228 valence electrons. The van der Waals surface area contributed by atoms with Gasteiger partial charge in [0.05, 0.1) is 9.75 Å². The van der Waals surface area contributed by atoms with Crippen LogP contribution in [0.3, 0.4) is 0 Å². The van der Waals surface area contributed by atoms with Gasteiger partial charge in [-0.25, -0.2) is 0 Å². The molecule has 0 atom stereocenters. The van der Waals surface area contributed by atoms with Gasteiger partial charge < -0.3 is 0 Å². The number of nitrogens with zero attached hydrogens (tertiary/aromatic N) is 2. The van der Waals surface area contributed by atoms with Crippen LogP contribution in [0.2, 0.25) is 0 Å². The van der Waals surface area contributed by atoms with E-state index in [1.807, 2.05) is 22.7 Å². The van der Waals surface area contributed by atoms with E-state index in [2.05, 4.69) is 146 Å². The fourth-order valence-electron chi connectivity index (χ4n) is 6.05. The highest BCUT2D eigenvalue weighted by molar-refractivity contribution is 7.97. The molecular formula is C40H30N2P2S3. The van der Waals surface area contributed by atoms with Crippen LogP contribution in [-0.2, 0) is 0 Å². The first-order valence-electron chi connectivity index (χ1n) is 15.2. The van der Waals surface area contributed by atoms with Crippen LogP contribution in [0.5, 0.6) is 0 Å².